The van der Waals surface area contributed by atoms with Gasteiger partial charge >= 0.3 is 0 Å². The standard InChI is InChI=1S/C13H17ClN4/c1-2-18-13(11(14)9-17-18)12(15)6-5-10-4-3-7-16-8-10/h3-4,7-9,12H,2,5-6,15H2,1H3. The Bertz CT molecular complexity index is 495. The molecule has 96 valence electrons. The fourth-order valence-corrected chi connectivity index (χ4v) is 2.28. The lowest BCUT2D eigenvalue weighted by Gasteiger charge is -2.14. The zero-order chi connectivity index (χ0) is 13.0. The lowest BCUT2D eigenvalue weighted by Crippen LogP contribution is -2.17. The van der Waals surface area contributed by atoms with Gasteiger partial charge in [-0.05, 0) is 31.4 Å². The van der Waals surface area contributed by atoms with Crippen molar-refractivity contribution in [3.63, 3.8) is 0 Å². The molecule has 0 amide bonds. The molecule has 0 aliphatic heterocycles. The van der Waals surface area contributed by atoms with Crippen LogP contribution in [-0.2, 0) is 13.0 Å². The van der Waals surface area contributed by atoms with Crippen LogP contribution in [0.25, 0.3) is 0 Å². The summed E-state index contributed by atoms with van der Waals surface area (Å²) in [5.41, 5.74) is 8.31. The molecule has 0 aliphatic rings. The second-order valence-corrected chi connectivity index (χ2v) is 4.61. The average Bonchev–Trinajstić information content (AvgIpc) is 2.78. The van der Waals surface area contributed by atoms with Gasteiger partial charge in [0.25, 0.3) is 0 Å². The lowest BCUT2D eigenvalue weighted by atomic mass is 10.0. The number of nitrogens with two attached hydrogens (primary N) is 1. The molecular formula is C13H17ClN4. The number of pyridine rings is 1. The minimum atomic E-state index is -0.0971. The second-order valence-electron chi connectivity index (χ2n) is 4.20. The molecule has 18 heavy (non-hydrogen) atoms. The van der Waals surface area contributed by atoms with Crippen molar-refractivity contribution in [2.24, 2.45) is 5.73 Å². The molecule has 0 bridgehead atoms. The summed E-state index contributed by atoms with van der Waals surface area (Å²) in [6, 6.07) is 3.89. The Morgan fingerprint density at radius 3 is 2.94 bits per heavy atom. The van der Waals surface area contributed by atoms with Crippen LogP contribution in [-0.4, -0.2) is 14.8 Å². The molecule has 1 atom stereocenters. The Kier molecular flexibility index (Phi) is 4.33. The van der Waals surface area contributed by atoms with E-state index in [1.807, 2.05) is 23.9 Å². The molecule has 4 nitrogen and oxygen atoms in total. The average molecular weight is 265 g/mol. The van der Waals surface area contributed by atoms with Crippen molar-refractivity contribution in [2.45, 2.75) is 32.4 Å². The Hall–Kier alpha value is -1.39. The van der Waals surface area contributed by atoms with Gasteiger partial charge in [0, 0.05) is 25.0 Å². The van der Waals surface area contributed by atoms with Crippen LogP contribution in [0.3, 0.4) is 0 Å². The van der Waals surface area contributed by atoms with Gasteiger partial charge in [0.15, 0.2) is 0 Å². The first-order valence-corrected chi connectivity index (χ1v) is 6.45. The SMILES string of the molecule is CCn1ncc(Cl)c1C(N)CCc1cccnc1. The van der Waals surface area contributed by atoms with Gasteiger partial charge in [-0.3, -0.25) is 9.67 Å². The van der Waals surface area contributed by atoms with E-state index < -0.39 is 0 Å². The van der Waals surface area contributed by atoms with Crippen LogP contribution < -0.4 is 5.73 Å². The van der Waals surface area contributed by atoms with Crippen LogP contribution in [0.15, 0.2) is 30.7 Å². The van der Waals surface area contributed by atoms with Crippen molar-refractivity contribution >= 4 is 11.6 Å². The van der Waals surface area contributed by atoms with E-state index in [1.165, 1.54) is 5.56 Å². The summed E-state index contributed by atoms with van der Waals surface area (Å²) in [5, 5.41) is 4.85. The van der Waals surface area contributed by atoms with Crippen molar-refractivity contribution in [2.75, 3.05) is 0 Å². The van der Waals surface area contributed by atoms with Crippen LogP contribution in [0.4, 0.5) is 0 Å². The van der Waals surface area contributed by atoms with Crippen LogP contribution in [0.2, 0.25) is 5.02 Å². The highest BCUT2D eigenvalue weighted by atomic mass is 35.5. The van der Waals surface area contributed by atoms with Gasteiger partial charge in [0.05, 0.1) is 16.9 Å². The molecule has 0 fully saturated rings. The summed E-state index contributed by atoms with van der Waals surface area (Å²) in [6.45, 7) is 2.81. The van der Waals surface area contributed by atoms with Gasteiger partial charge in [-0.2, -0.15) is 5.10 Å². The maximum Gasteiger partial charge on any atom is 0.0834 e. The Labute approximate surface area is 112 Å². The summed E-state index contributed by atoms with van der Waals surface area (Å²) in [7, 11) is 0. The van der Waals surface area contributed by atoms with E-state index in [0.717, 1.165) is 25.1 Å². The van der Waals surface area contributed by atoms with Crippen molar-refractivity contribution in [3.05, 3.63) is 47.0 Å². The van der Waals surface area contributed by atoms with Crippen molar-refractivity contribution in [1.82, 2.24) is 14.8 Å². The Balaban J connectivity index is 2.03. The second kappa shape index (κ2) is 5.98. The van der Waals surface area contributed by atoms with Gasteiger partial charge in [-0.25, -0.2) is 0 Å². The van der Waals surface area contributed by atoms with Crippen LogP contribution >= 0.6 is 11.6 Å². The third kappa shape index (κ3) is 2.89. The minimum absolute atomic E-state index is 0.0971. The minimum Gasteiger partial charge on any atom is -0.323 e. The lowest BCUT2D eigenvalue weighted by molar-refractivity contribution is 0.547. The monoisotopic (exact) mass is 264 g/mol. The highest BCUT2D eigenvalue weighted by Crippen LogP contribution is 2.24. The topological polar surface area (TPSA) is 56.7 Å². The highest BCUT2D eigenvalue weighted by molar-refractivity contribution is 6.31. The number of halogens is 1. The first-order valence-electron chi connectivity index (χ1n) is 6.08. The first-order chi connectivity index (χ1) is 8.72. The molecule has 0 saturated carbocycles. The van der Waals surface area contributed by atoms with E-state index in [-0.39, 0.29) is 6.04 Å². The summed E-state index contributed by atoms with van der Waals surface area (Å²) >= 11 is 6.12. The van der Waals surface area contributed by atoms with E-state index in [4.69, 9.17) is 17.3 Å². The number of aryl methyl sites for hydroxylation is 2. The summed E-state index contributed by atoms with van der Waals surface area (Å²) in [6.07, 6.45) is 7.01. The molecular weight excluding hydrogens is 248 g/mol. The molecule has 5 heteroatoms. The fourth-order valence-electron chi connectivity index (χ4n) is 2.00. The van der Waals surface area contributed by atoms with E-state index in [9.17, 15) is 0 Å². The molecule has 0 aliphatic carbocycles. The van der Waals surface area contributed by atoms with E-state index in [1.54, 1.807) is 12.4 Å². The van der Waals surface area contributed by atoms with E-state index in [2.05, 4.69) is 16.1 Å². The fraction of sp³-hybridized carbons (Fsp3) is 0.385. The van der Waals surface area contributed by atoms with Crippen LogP contribution in [0.5, 0.6) is 0 Å². The molecule has 0 aromatic carbocycles. The molecule has 0 radical (unpaired) electrons. The van der Waals surface area contributed by atoms with Gasteiger partial charge in [0.2, 0.25) is 0 Å². The molecule has 1 unspecified atom stereocenters. The summed E-state index contributed by atoms with van der Waals surface area (Å²) in [4.78, 5) is 4.09. The van der Waals surface area contributed by atoms with Gasteiger partial charge in [-0.1, -0.05) is 17.7 Å². The number of aromatic nitrogens is 3. The largest absolute Gasteiger partial charge is 0.323 e. The van der Waals surface area contributed by atoms with E-state index >= 15 is 0 Å². The summed E-state index contributed by atoms with van der Waals surface area (Å²) in [5.74, 6) is 0. The molecule has 2 heterocycles. The molecule has 2 aromatic heterocycles. The molecule has 0 spiro atoms. The first kappa shape index (κ1) is 13.1. The highest BCUT2D eigenvalue weighted by Gasteiger charge is 2.16. The number of hydrogen-bond donors (Lipinski definition) is 1. The van der Waals surface area contributed by atoms with Crippen LogP contribution in [0.1, 0.15) is 30.6 Å². The molecule has 2 rings (SSSR count). The predicted molar refractivity (Wildman–Crippen MR) is 72.4 cm³/mol. The van der Waals surface area contributed by atoms with Crippen molar-refractivity contribution in [3.8, 4) is 0 Å². The van der Waals surface area contributed by atoms with Gasteiger partial charge < -0.3 is 5.73 Å². The van der Waals surface area contributed by atoms with Gasteiger partial charge in [-0.15, -0.1) is 0 Å². The third-order valence-corrected chi connectivity index (χ3v) is 3.24. The zero-order valence-electron chi connectivity index (χ0n) is 10.4. The summed E-state index contributed by atoms with van der Waals surface area (Å²) < 4.78 is 1.86. The number of nitrogens with zero attached hydrogens (tertiary/aromatic N) is 3. The third-order valence-electron chi connectivity index (χ3n) is 2.95. The number of rotatable bonds is 5. The Morgan fingerprint density at radius 1 is 1.44 bits per heavy atom. The normalized spacial score (nSPS) is 12.6. The molecule has 2 N–H and O–H groups in total. The van der Waals surface area contributed by atoms with Gasteiger partial charge in [0.1, 0.15) is 0 Å². The van der Waals surface area contributed by atoms with Crippen molar-refractivity contribution in [1.29, 1.82) is 0 Å². The quantitative estimate of drug-likeness (QED) is 0.903. The molecule has 2 aromatic rings. The van der Waals surface area contributed by atoms with Crippen molar-refractivity contribution < 1.29 is 0 Å². The maximum atomic E-state index is 6.20. The molecule has 0 saturated heterocycles. The van der Waals surface area contributed by atoms with Crippen LogP contribution in [0, 0.1) is 0 Å². The predicted octanol–water partition coefficient (Wildman–Crippen LogP) is 2.58. The Morgan fingerprint density at radius 2 is 2.28 bits per heavy atom. The van der Waals surface area contributed by atoms with E-state index in [0.29, 0.717) is 5.02 Å². The maximum absolute atomic E-state index is 6.20. The number of hydrogen-bond acceptors (Lipinski definition) is 3. The zero-order valence-corrected chi connectivity index (χ0v) is 11.1. The smallest absolute Gasteiger partial charge is 0.0834 e.